The first-order valence-electron chi connectivity index (χ1n) is 7.48. The standard InChI is InChI=1S/C17H25NO3/c1-12-7-5-6-8-15(12)13-9-14(11-19)18(10-13)16(20)21-17(2,3)4/h5-8,13-14,19H,9-11H2,1-4H3/t13?,14-/m1/s1. The number of hydrogen-bond donors (Lipinski definition) is 1. The van der Waals surface area contributed by atoms with Crippen molar-refractivity contribution in [1.29, 1.82) is 0 Å². The number of ether oxygens (including phenoxy) is 1. The summed E-state index contributed by atoms with van der Waals surface area (Å²) in [4.78, 5) is 14.0. The molecule has 1 heterocycles. The van der Waals surface area contributed by atoms with Gasteiger partial charge in [0.25, 0.3) is 0 Å². The fourth-order valence-electron chi connectivity index (χ4n) is 2.90. The lowest BCUT2D eigenvalue weighted by molar-refractivity contribution is 0.0174. The van der Waals surface area contributed by atoms with Gasteiger partial charge in [-0.05, 0) is 45.2 Å². The number of rotatable bonds is 2. The predicted molar refractivity (Wildman–Crippen MR) is 82.4 cm³/mol. The third kappa shape index (κ3) is 3.76. The molecule has 0 aliphatic carbocycles. The SMILES string of the molecule is Cc1ccccc1C1C[C@H](CO)N(C(=O)OC(C)(C)C)C1. The van der Waals surface area contributed by atoms with Crippen LogP contribution >= 0.6 is 0 Å². The van der Waals surface area contributed by atoms with Crippen molar-refractivity contribution >= 4 is 6.09 Å². The highest BCUT2D eigenvalue weighted by Crippen LogP contribution is 2.34. The molecule has 1 unspecified atom stereocenters. The summed E-state index contributed by atoms with van der Waals surface area (Å²) in [6, 6.07) is 8.06. The average molecular weight is 291 g/mol. The van der Waals surface area contributed by atoms with E-state index in [0.29, 0.717) is 6.54 Å². The molecule has 1 aromatic carbocycles. The van der Waals surface area contributed by atoms with E-state index in [4.69, 9.17) is 4.74 Å². The zero-order chi connectivity index (χ0) is 15.6. The molecule has 0 radical (unpaired) electrons. The molecule has 2 rings (SSSR count). The van der Waals surface area contributed by atoms with Crippen LogP contribution in [0.1, 0.15) is 44.2 Å². The number of aliphatic hydroxyl groups excluding tert-OH is 1. The summed E-state index contributed by atoms with van der Waals surface area (Å²) in [5, 5.41) is 9.57. The summed E-state index contributed by atoms with van der Waals surface area (Å²) in [7, 11) is 0. The normalized spacial score (nSPS) is 22.4. The summed E-state index contributed by atoms with van der Waals surface area (Å²) in [6.07, 6.45) is 0.443. The third-order valence-corrected chi connectivity index (χ3v) is 3.88. The highest BCUT2D eigenvalue weighted by molar-refractivity contribution is 5.69. The van der Waals surface area contributed by atoms with Gasteiger partial charge in [0.2, 0.25) is 0 Å². The van der Waals surface area contributed by atoms with Crippen molar-refractivity contribution < 1.29 is 14.6 Å². The van der Waals surface area contributed by atoms with E-state index in [2.05, 4.69) is 19.1 Å². The van der Waals surface area contributed by atoms with E-state index >= 15 is 0 Å². The Morgan fingerprint density at radius 2 is 2.05 bits per heavy atom. The molecule has 0 bridgehead atoms. The Hall–Kier alpha value is -1.55. The van der Waals surface area contributed by atoms with Crippen LogP contribution in [0.4, 0.5) is 4.79 Å². The number of benzene rings is 1. The van der Waals surface area contributed by atoms with Crippen molar-refractivity contribution in [3.63, 3.8) is 0 Å². The van der Waals surface area contributed by atoms with Crippen LogP contribution in [0, 0.1) is 6.92 Å². The highest BCUT2D eigenvalue weighted by atomic mass is 16.6. The lowest BCUT2D eigenvalue weighted by atomic mass is 9.93. The van der Waals surface area contributed by atoms with Crippen molar-refractivity contribution in [3.05, 3.63) is 35.4 Å². The largest absolute Gasteiger partial charge is 0.444 e. The van der Waals surface area contributed by atoms with Crippen LogP contribution in [0.5, 0.6) is 0 Å². The van der Waals surface area contributed by atoms with E-state index < -0.39 is 5.60 Å². The van der Waals surface area contributed by atoms with Crippen LogP contribution < -0.4 is 0 Å². The third-order valence-electron chi connectivity index (χ3n) is 3.88. The highest BCUT2D eigenvalue weighted by Gasteiger charge is 2.38. The summed E-state index contributed by atoms with van der Waals surface area (Å²) in [5.41, 5.74) is 1.96. The van der Waals surface area contributed by atoms with Gasteiger partial charge in [-0.15, -0.1) is 0 Å². The molecule has 1 aliphatic heterocycles. The van der Waals surface area contributed by atoms with E-state index in [1.807, 2.05) is 32.9 Å². The molecule has 116 valence electrons. The second kappa shape index (κ2) is 6.06. The lowest BCUT2D eigenvalue weighted by Gasteiger charge is -2.27. The maximum Gasteiger partial charge on any atom is 0.410 e. The minimum atomic E-state index is -0.516. The molecule has 4 nitrogen and oxygen atoms in total. The molecular weight excluding hydrogens is 266 g/mol. The van der Waals surface area contributed by atoms with Gasteiger partial charge in [-0.3, -0.25) is 0 Å². The molecule has 1 saturated heterocycles. The van der Waals surface area contributed by atoms with E-state index in [1.54, 1.807) is 4.90 Å². The fraction of sp³-hybridized carbons (Fsp3) is 0.588. The first-order chi connectivity index (χ1) is 9.81. The van der Waals surface area contributed by atoms with Crippen molar-refractivity contribution in [2.24, 2.45) is 0 Å². The molecule has 1 aromatic rings. The number of carbonyl (C=O) groups is 1. The second-order valence-corrected chi connectivity index (χ2v) is 6.76. The minimum absolute atomic E-state index is 0.0262. The molecule has 1 amide bonds. The van der Waals surface area contributed by atoms with Crippen LogP contribution in [-0.4, -0.2) is 40.9 Å². The van der Waals surface area contributed by atoms with Gasteiger partial charge in [0, 0.05) is 12.5 Å². The molecule has 0 spiro atoms. The van der Waals surface area contributed by atoms with Crippen molar-refractivity contribution in [2.75, 3.05) is 13.2 Å². The number of nitrogens with zero attached hydrogens (tertiary/aromatic N) is 1. The smallest absolute Gasteiger partial charge is 0.410 e. The molecule has 0 aromatic heterocycles. The Morgan fingerprint density at radius 3 is 2.62 bits per heavy atom. The number of carbonyl (C=O) groups excluding carboxylic acids is 1. The Kier molecular flexibility index (Phi) is 4.57. The summed E-state index contributed by atoms with van der Waals surface area (Å²) in [5.74, 6) is 0.260. The molecule has 4 heteroatoms. The van der Waals surface area contributed by atoms with Gasteiger partial charge in [0.05, 0.1) is 12.6 Å². The Labute approximate surface area is 126 Å². The zero-order valence-corrected chi connectivity index (χ0v) is 13.3. The van der Waals surface area contributed by atoms with Crippen molar-refractivity contribution in [2.45, 2.75) is 51.7 Å². The van der Waals surface area contributed by atoms with Gasteiger partial charge in [-0.2, -0.15) is 0 Å². The topological polar surface area (TPSA) is 49.8 Å². The first kappa shape index (κ1) is 15.8. The Bertz CT molecular complexity index is 507. The van der Waals surface area contributed by atoms with E-state index in [9.17, 15) is 9.90 Å². The second-order valence-electron chi connectivity index (χ2n) is 6.76. The van der Waals surface area contributed by atoms with Gasteiger partial charge in [-0.25, -0.2) is 4.79 Å². The van der Waals surface area contributed by atoms with Crippen LogP contribution in [0.2, 0.25) is 0 Å². The zero-order valence-electron chi connectivity index (χ0n) is 13.3. The Balaban J connectivity index is 2.14. The van der Waals surface area contributed by atoms with Crippen LogP contribution in [-0.2, 0) is 4.74 Å². The number of aliphatic hydroxyl groups is 1. The van der Waals surface area contributed by atoms with E-state index in [-0.39, 0.29) is 24.7 Å². The molecule has 1 N–H and O–H groups in total. The molecule has 0 saturated carbocycles. The van der Waals surface area contributed by atoms with Gasteiger partial charge in [0.15, 0.2) is 0 Å². The maximum absolute atomic E-state index is 12.3. The van der Waals surface area contributed by atoms with Gasteiger partial charge >= 0.3 is 6.09 Å². The maximum atomic E-state index is 12.3. The first-order valence-corrected chi connectivity index (χ1v) is 7.48. The number of hydrogen-bond acceptors (Lipinski definition) is 3. The minimum Gasteiger partial charge on any atom is -0.444 e. The van der Waals surface area contributed by atoms with Gasteiger partial charge < -0.3 is 14.7 Å². The molecule has 1 fully saturated rings. The van der Waals surface area contributed by atoms with Crippen LogP contribution in [0.15, 0.2) is 24.3 Å². The lowest BCUT2D eigenvalue weighted by Crippen LogP contribution is -2.41. The fourth-order valence-corrected chi connectivity index (χ4v) is 2.90. The summed E-state index contributed by atoms with van der Waals surface area (Å²) in [6.45, 7) is 8.22. The quantitative estimate of drug-likeness (QED) is 0.911. The molecule has 2 atom stereocenters. The van der Waals surface area contributed by atoms with Crippen LogP contribution in [0.25, 0.3) is 0 Å². The van der Waals surface area contributed by atoms with E-state index in [0.717, 1.165) is 6.42 Å². The van der Waals surface area contributed by atoms with Crippen molar-refractivity contribution in [3.8, 4) is 0 Å². The number of amides is 1. The van der Waals surface area contributed by atoms with E-state index in [1.165, 1.54) is 11.1 Å². The average Bonchev–Trinajstić information content (AvgIpc) is 2.81. The summed E-state index contributed by atoms with van der Waals surface area (Å²) >= 11 is 0. The van der Waals surface area contributed by atoms with Gasteiger partial charge in [-0.1, -0.05) is 24.3 Å². The molecular formula is C17H25NO3. The number of aryl methyl sites for hydroxylation is 1. The molecule has 21 heavy (non-hydrogen) atoms. The predicted octanol–water partition coefficient (Wildman–Crippen LogP) is 3.08. The molecule has 1 aliphatic rings. The van der Waals surface area contributed by atoms with Crippen LogP contribution in [0.3, 0.4) is 0 Å². The number of likely N-dealkylation sites (tertiary alicyclic amines) is 1. The Morgan fingerprint density at radius 1 is 1.38 bits per heavy atom. The monoisotopic (exact) mass is 291 g/mol. The summed E-state index contributed by atoms with van der Waals surface area (Å²) < 4.78 is 5.44. The van der Waals surface area contributed by atoms with Crippen molar-refractivity contribution in [1.82, 2.24) is 4.90 Å². The van der Waals surface area contributed by atoms with Gasteiger partial charge in [0.1, 0.15) is 5.60 Å².